The van der Waals surface area contributed by atoms with Crippen LogP contribution in [-0.2, 0) is 11.3 Å². The molecule has 1 amide bonds. The van der Waals surface area contributed by atoms with E-state index >= 15 is 0 Å². The van der Waals surface area contributed by atoms with Crippen LogP contribution in [0.3, 0.4) is 0 Å². The first-order chi connectivity index (χ1) is 11.6. The molecule has 3 rings (SSSR count). The van der Waals surface area contributed by atoms with Gasteiger partial charge in [0.1, 0.15) is 0 Å². The van der Waals surface area contributed by atoms with Gasteiger partial charge in [-0.2, -0.15) is 0 Å². The normalized spacial score (nSPS) is 17.2. The van der Waals surface area contributed by atoms with Gasteiger partial charge in [0.05, 0.1) is 13.2 Å². The standard InChI is InChI=1S/C18H19NO5/c20-17(15-6-7-16(24-15)18(21)22)19-9-8-14(10-19)12-23-11-13-4-2-1-3-5-13/h1-7,14H,8-12H2,(H,21,22)/t14-/m1/s1. The predicted molar refractivity (Wildman–Crippen MR) is 85.8 cm³/mol. The number of benzene rings is 1. The van der Waals surface area contributed by atoms with Crippen LogP contribution >= 0.6 is 0 Å². The highest BCUT2D eigenvalue weighted by Gasteiger charge is 2.29. The Balaban J connectivity index is 1.47. The molecule has 6 heteroatoms. The highest BCUT2D eigenvalue weighted by atomic mass is 16.5. The van der Waals surface area contributed by atoms with Crippen molar-refractivity contribution in [3.63, 3.8) is 0 Å². The summed E-state index contributed by atoms with van der Waals surface area (Å²) in [6.07, 6.45) is 0.868. The third-order valence-electron chi connectivity index (χ3n) is 4.07. The van der Waals surface area contributed by atoms with Crippen molar-refractivity contribution in [1.29, 1.82) is 0 Å². The van der Waals surface area contributed by atoms with Crippen molar-refractivity contribution in [2.75, 3.05) is 19.7 Å². The van der Waals surface area contributed by atoms with E-state index in [1.54, 1.807) is 4.90 Å². The summed E-state index contributed by atoms with van der Waals surface area (Å²) in [6, 6.07) is 12.7. The second kappa shape index (κ2) is 7.31. The molecule has 1 aliphatic rings. The monoisotopic (exact) mass is 329 g/mol. The fourth-order valence-electron chi connectivity index (χ4n) is 2.79. The Labute approximate surface area is 139 Å². The number of nitrogens with zero attached hydrogens (tertiary/aromatic N) is 1. The lowest BCUT2D eigenvalue weighted by Gasteiger charge is -2.15. The number of likely N-dealkylation sites (tertiary alicyclic amines) is 1. The van der Waals surface area contributed by atoms with E-state index in [4.69, 9.17) is 14.3 Å². The highest BCUT2D eigenvalue weighted by molar-refractivity contribution is 5.93. The van der Waals surface area contributed by atoms with Crippen LogP contribution in [-0.4, -0.2) is 41.6 Å². The van der Waals surface area contributed by atoms with Crippen LogP contribution in [0.25, 0.3) is 0 Å². The number of carbonyl (C=O) groups is 2. The van der Waals surface area contributed by atoms with Gasteiger partial charge in [-0.3, -0.25) is 4.79 Å². The van der Waals surface area contributed by atoms with Crippen molar-refractivity contribution in [1.82, 2.24) is 4.90 Å². The van der Waals surface area contributed by atoms with Gasteiger partial charge in [0, 0.05) is 19.0 Å². The molecule has 1 atom stereocenters. The number of aromatic carboxylic acids is 1. The first-order valence-corrected chi connectivity index (χ1v) is 7.87. The summed E-state index contributed by atoms with van der Waals surface area (Å²) in [5.41, 5.74) is 1.13. The fourth-order valence-corrected chi connectivity index (χ4v) is 2.79. The lowest BCUT2D eigenvalue weighted by atomic mass is 10.1. The number of furan rings is 1. The molecule has 0 unspecified atom stereocenters. The van der Waals surface area contributed by atoms with E-state index < -0.39 is 5.97 Å². The maximum absolute atomic E-state index is 12.3. The molecule has 24 heavy (non-hydrogen) atoms. The Morgan fingerprint density at radius 3 is 2.62 bits per heavy atom. The third kappa shape index (κ3) is 3.83. The number of amides is 1. The van der Waals surface area contributed by atoms with Crippen LogP contribution in [0.5, 0.6) is 0 Å². The van der Waals surface area contributed by atoms with E-state index in [-0.39, 0.29) is 23.3 Å². The molecule has 1 saturated heterocycles. The molecule has 0 saturated carbocycles. The predicted octanol–water partition coefficient (Wildman–Crippen LogP) is 2.66. The highest BCUT2D eigenvalue weighted by Crippen LogP contribution is 2.20. The second-order valence-electron chi connectivity index (χ2n) is 5.88. The Bertz CT molecular complexity index is 709. The molecule has 1 aromatic heterocycles. The van der Waals surface area contributed by atoms with Crippen LogP contribution < -0.4 is 0 Å². The van der Waals surface area contributed by atoms with Gasteiger partial charge >= 0.3 is 5.97 Å². The van der Waals surface area contributed by atoms with Gasteiger partial charge in [0.15, 0.2) is 5.76 Å². The molecule has 1 fully saturated rings. The minimum absolute atomic E-state index is 0.0678. The van der Waals surface area contributed by atoms with Crippen LogP contribution in [0.4, 0.5) is 0 Å². The molecule has 0 aliphatic carbocycles. The lowest BCUT2D eigenvalue weighted by molar-refractivity contribution is 0.0649. The molecule has 6 nitrogen and oxygen atoms in total. The average Bonchev–Trinajstić information content (AvgIpc) is 3.25. The molecule has 0 radical (unpaired) electrons. The van der Waals surface area contributed by atoms with E-state index in [0.717, 1.165) is 12.0 Å². The maximum Gasteiger partial charge on any atom is 0.371 e. The Morgan fingerprint density at radius 1 is 1.17 bits per heavy atom. The average molecular weight is 329 g/mol. The summed E-state index contributed by atoms with van der Waals surface area (Å²) in [6.45, 7) is 2.38. The molecule has 1 aromatic carbocycles. The zero-order valence-corrected chi connectivity index (χ0v) is 13.2. The fraction of sp³-hybridized carbons (Fsp3) is 0.333. The van der Waals surface area contributed by atoms with Crippen molar-refractivity contribution in [2.24, 2.45) is 5.92 Å². The van der Waals surface area contributed by atoms with Crippen LogP contribution in [0.15, 0.2) is 46.9 Å². The quantitative estimate of drug-likeness (QED) is 0.881. The second-order valence-corrected chi connectivity index (χ2v) is 5.88. The first kappa shape index (κ1) is 16.3. The van der Waals surface area contributed by atoms with Gasteiger partial charge in [-0.05, 0) is 24.1 Å². The van der Waals surface area contributed by atoms with Gasteiger partial charge < -0.3 is 19.2 Å². The van der Waals surface area contributed by atoms with E-state index in [2.05, 4.69) is 0 Å². The summed E-state index contributed by atoms with van der Waals surface area (Å²) >= 11 is 0. The smallest absolute Gasteiger partial charge is 0.371 e. The number of carboxylic acid groups (broad SMARTS) is 1. The summed E-state index contributed by atoms with van der Waals surface area (Å²) < 4.78 is 10.8. The van der Waals surface area contributed by atoms with E-state index in [0.29, 0.717) is 26.3 Å². The van der Waals surface area contributed by atoms with Gasteiger partial charge in [0.2, 0.25) is 5.76 Å². The Hall–Kier alpha value is -2.60. The van der Waals surface area contributed by atoms with Crippen molar-refractivity contribution >= 4 is 11.9 Å². The maximum atomic E-state index is 12.3. The summed E-state index contributed by atoms with van der Waals surface area (Å²) in [4.78, 5) is 24.8. The van der Waals surface area contributed by atoms with E-state index in [1.165, 1.54) is 12.1 Å². The first-order valence-electron chi connectivity index (χ1n) is 7.87. The molecule has 126 valence electrons. The largest absolute Gasteiger partial charge is 0.475 e. The van der Waals surface area contributed by atoms with Crippen molar-refractivity contribution in [3.05, 3.63) is 59.5 Å². The molecule has 2 heterocycles. The van der Waals surface area contributed by atoms with Gasteiger partial charge in [-0.1, -0.05) is 30.3 Å². The topological polar surface area (TPSA) is 80.0 Å². The molecular formula is C18H19NO5. The summed E-state index contributed by atoms with van der Waals surface area (Å²) in [5.74, 6) is -1.32. The number of hydrogen-bond donors (Lipinski definition) is 1. The van der Waals surface area contributed by atoms with E-state index in [9.17, 15) is 9.59 Å². The number of hydrogen-bond acceptors (Lipinski definition) is 4. The zero-order valence-electron chi connectivity index (χ0n) is 13.2. The summed E-state index contributed by atoms with van der Waals surface area (Å²) in [7, 11) is 0. The molecule has 1 aliphatic heterocycles. The SMILES string of the molecule is O=C(O)c1ccc(C(=O)N2CC[C@@H](COCc3ccccc3)C2)o1. The van der Waals surface area contributed by atoms with Crippen molar-refractivity contribution in [3.8, 4) is 0 Å². The third-order valence-corrected chi connectivity index (χ3v) is 4.07. The van der Waals surface area contributed by atoms with Gasteiger partial charge in [-0.25, -0.2) is 4.79 Å². The minimum atomic E-state index is -1.18. The van der Waals surface area contributed by atoms with Crippen LogP contribution in [0.1, 0.15) is 33.1 Å². The van der Waals surface area contributed by atoms with Crippen LogP contribution in [0, 0.1) is 5.92 Å². The Kier molecular flexibility index (Phi) is 4.96. The van der Waals surface area contributed by atoms with Crippen LogP contribution in [0.2, 0.25) is 0 Å². The number of carbonyl (C=O) groups excluding carboxylic acids is 1. The molecule has 1 N–H and O–H groups in total. The van der Waals surface area contributed by atoms with Crippen molar-refractivity contribution < 1.29 is 23.8 Å². The van der Waals surface area contributed by atoms with E-state index in [1.807, 2.05) is 30.3 Å². The molecule has 2 aromatic rings. The molecular weight excluding hydrogens is 310 g/mol. The lowest BCUT2D eigenvalue weighted by Crippen LogP contribution is -2.29. The minimum Gasteiger partial charge on any atom is -0.475 e. The zero-order chi connectivity index (χ0) is 16.9. The van der Waals surface area contributed by atoms with Crippen molar-refractivity contribution in [2.45, 2.75) is 13.0 Å². The molecule has 0 spiro atoms. The number of rotatable bonds is 6. The number of carboxylic acids is 1. The number of ether oxygens (including phenoxy) is 1. The summed E-state index contributed by atoms with van der Waals surface area (Å²) in [5, 5.41) is 8.84. The Morgan fingerprint density at radius 2 is 1.92 bits per heavy atom. The van der Waals surface area contributed by atoms with Gasteiger partial charge in [0.25, 0.3) is 5.91 Å². The van der Waals surface area contributed by atoms with Gasteiger partial charge in [-0.15, -0.1) is 0 Å². The molecule has 0 bridgehead atoms.